The summed E-state index contributed by atoms with van der Waals surface area (Å²) in [6, 6.07) is 19.6. The molecule has 158 valence electrons. The monoisotopic (exact) mass is 416 g/mol. The molecule has 0 saturated heterocycles. The number of hydrazine groups is 1. The normalized spacial score (nSPS) is 15.3. The minimum atomic E-state index is -0.414. The number of ether oxygens (including phenoxy) is 2. The van der Waals surface area contributed by atoms with Crippen LogP contribution in [0.4, 0.5) is 0 Å². The Balaban J connectivity index is 1.77. The topological polar surface area (TPSA) is 71.0 Å². The highest BCUT2D eigenvalue weighted by molar-refractivity contribution is 5.96. The van der Waals surface area contributed by atoms with Crippen LogP contribution in [0, 0.1) is 6.92 Å². The lowest BCUT2D eigenvalue weighted by Gasteiger charge is -2.26. The maximum absolute atomic E-state index is 13.4. The third kappa shape index (κ3) is 3.92. The first-order chi connectivity index (χ1) is 15.0. The van der Waals surface area contributed by atoms with Crippen molar-refractivity contribution in [1.82, 2.24) is 10.4 Å². The highest BCUT2D eigenvalue weighted by Gasteiger charge is 2.32. The van der Waals surface area contributed by atoms with Gasteiger partial charge in [0.05, 0.1) is 26.0 Å². The molecular weight excluding hydrogens is 392 g/mol. The van der Waals surface area contributed by atoms with Gasteiger partial charge in [-0.2, -0.15) is 0 Å². The molecule has 0 radical (unpaired) electrons. The number of carbonyl (C=O) groups excluding carboxylic acids is 1. The molecule has 0 spiro atoms. The van der Waals surface area contributed by atoms with Crippen LogP contribution in [0.5, 0.6) is 17.2 Å². The highest BCUT2D eigenvalue weighted by atomic mass is 16.5. The van der Waals surface area contributed by atoms with Crippen molar-refractivity contribution in [2.24, 2.45) is 0 Å². The number of phenolic OH excluding ortho intramolecular Hbond substituents is 1. The maximum atomic E-state index is 13.4. The van der Waals surface area contributed by atoms with Gasteiger partial charge in [0.1, 0.15) is 5.75 Å². The van der Waals surface area contributed by atoms with E-state index in [4.69, 9.17) is 9.47 Å². The maximum Gasteiger partial charge on any atom is 0.273 e. The third-order valence-electron chi connectivity index (χ3n) is 5.30. The predicted octanol–water partition coefficient (Wildman–Crippen LogP) is 4.46. The van der Waals surface area contributed by atoms with Gasteiger partial charge in [-0.25, -0.2) is 5.01 Å². The van der Waals surface area contributed by atoms with E-state index in [1.54, 1.807) is 37.4 Å². The molecule has 0 saturated carbocycles. The molecule has 4 rings (SSSR count). The number of hydrogen-bond donors (Lipinski definition) is 2. The number of carbonyl (C=O) groups is 1. The molecule has 1 aliphatic rings. The zero-order chi connectivity index (χ0) is 22.0. The van der Waals surface area contributed by atoms with Crippen LogP contribution in [0.1, 0.15) is 33.1 Å². The number of methoxy groups -OCH3 is 2. The molecule has 3 aromatic rings. The first-order valence-corrected chi connectivity index (χ1v) is 9.91. The van der Waals surface area contributed by atoms with Crippen LogP contribution in [-0.4, -0.2) is 30.2 Å². The van der Waals surface area contributed by atoms with Crippen molar-refractivity contribution in [1.29, 1.82) is 0 Å². The number of aryl methyl sites for hydroxylation is 1. The van der Waals surface area contributed by atoms with Gasteiger partial charge in [-0.05, 0) is 55.0 Å². The number of para-hydroxylation sites is 1. The van der Waals surface area contributed by atoms with Crippen LogP contribution in [-0.2, 0) is 0 Å². The quantitative estimate of drug-likeness (QED) is 0.643. The zero-order valence-electron chi connectivity index (χ0n) is 17.6. The molecule has 0 fully saturated rings. The summed E-state index contributed by atoms with van der Waals surface area (Å²) >= 11 is 0. The van der Waals surface area contributed by atoms with Crippen molar-refractivity contribution in [3.8, 4) is 17.2 Å². The Labute approximate surface area is 181 Å². The summed E-state index contributed by atoms with van der Waals surface area (Å²) in [5.41, 5.74) is 6.95. The second kappa shape index (κ2) is 8.44. The van der Waals surface area contributed by atoms with Crippen molar-refractivity contribution in [2.75, 3.05) is 14.2 Å². The average molecular weight is 416 g/mol. The minimum absolute atomic E-state index is 0.136. The fourth-order valence-corrected chi connectivity index (χ4v) is 3.61. The Morgan fingerprint density at radius 3 is 2.35 bits per heavy atom. The number of hydrogen-bond acceptors (Lipinski definition) is 5. The molecule has 0 aliphatic carbocycles. The van der Waals surface area contributed by atoms with Gasteiger partial charge in [-0.15, -0.1) is 0 Å². The van der Waals surface area contributed by atoms with E-state index in [2.05, 4.69) is 5.43 Å². The van der Waals surface area contributed by atoms with Gasteiger partial charge in [-0.1, -0.05) is 35.9 Å². The molecule has 2 N–H and O–H groups in total. The Kier molecular flexibility index (Phi) is 5.54. The Hall–Kier alpha value is -3.93. The molecule has 6 nitrogen and oxygen atoms in total. The van der Waals surface area contributed by atoms with E-state index in [-0.39, 0.29) is 11.7 Å². The molecular formula is C25H24N2O4. The van der Waals surface area contributed by atoms with Crippen molar-refractivity contribution < 1.29 is 19.4 Å². The summed E-state index contributed by atoms with van der Waals surface area (Å²) in [5.74, 6) is 1.14. The molecule has 1 atom stereocenters. The molecule has 6 heteroatoms. The number of amides is 1. The smallest absolute Gasteiger partial charge is 0.273 e. The average Bonchev–Trinajstić information content (AvgIpc) is 3.24. The number of rotatable bonds is 5. The van der Waals surface area contributed by atoms with E-state index in [1.807, 2.05) is 61.5 Å². The van der Waals surface area contributed by atoms with Crippen LogP contribution in [0.2, 0.25) is 0 Å². The lowest BCUT2D eigenvalue weighted by atomic mass is 10.0. The predicted molar refractivity (Wildman–Crippen MR) is 119 cm³/mol. The number of phenols is 1. The van der Waals surface area contributed by atoms with Gasteiger partial charge in [0.15, 0.2) is 11.5 Å². The second-order valence-corrected chi connectivity index (χ2v) is 7.31. The largest absolute Gasteiger partial charge is 0.507 e. The second-order valence-electron chi connectivity index (χ2n) is 7.31. The first-order valence-electron chi connectivity index (χ1n) is 9.91. The Morgan fingerprint density at radius 1 is 0.968 bits per heavy atom. The molecule has 0 bridgehead atoms. The molecule has 1 amide bonds. The van der Waals surface area contributed by atoms with Gasteiger partial charge in [0.25, 0.3) is 5.91 Å². The molecule has 0 unspecified atom stereocenters. The fourth-order valence-electron chi connectivity index (χ4n) is 3.61. The van der Waals surface area contributed by atoms with Crippen molar-refractivity contribution in [2.45, 2.75) is 13.0 Å². The molecule has 1 heterocycles. The van der Waals surface area contributed by atoms with Crippen LogP contribution in [0.3, 0.4) is 0 Å². The number of benzene rings is 3. The van der Waals surface area contributed by atoms with Crippen molar-refractivity contribution >= 4 is 11.6 Å². The summed E-state index contributed by atoms with van der Waals surface area (Å²) in [6.07, 6.45) is 1.92. The van der Waals surface area contributed by atoms with E-state index < -0.39 is 6.04 Å². The van der Waals surface area contributed by atoms with Gasteiger partial charge >= 0.3 is 0 Å². The summed E-state index contributed by atoms with van der Waals surface area (Å²) in [6.45, 7) is 1.98. The number of nitrogens with one attached hydrogen (secondary N) is 1. The minimum Gasteiger partial charge on any atom is -0.507 e. The zero-order valence-corrected chi connectivity index (χ0v) is 17.6. The highest BCUT2D eigenvalue weighted by Crippen LogP contribution is 2.38. The summed E-state index contributed by atoms with van der Waals surface area (Å²) < 4.78 is 10.8. The molecule has 1 aliphatic heterocycles. The van der Waals surface area contributed by atoms with Gasteiger partial charge in [-0.3, -0.25) is 10.2 Å². The van der Waals surface area contributed by atoms with Gasteiger partial charge in [0.2, 0.25) is 0 Å². The summed E-state index contributed by atoms with van der Waals surface area (Å²) in [4.78, 5) is 13.4. The van der Waals surface area contributed by atoms with Crippen molar-refractivity contribution in [3.63, 3.8) is 0 Å². The van der Waals surface area contributed by atoms with E-state index >= 15 is 0 Å². The first kappa shape index (κ1) is 20.3. The Bertz CT molecular complexity index is 1140. The van der Waals surface area contributed by atoms with E-state index in [0.29, 0.717) is 28.3 Å². The summed E-state index contributed by atoms with van der Waals surface area (Å²) in [5, 5.41) is 11.9. The molecule has 31 heavy (non-hydrogen) atoms. The van der Waals surface area contributed by atoms with E-state index in [1.165, 1.54) is 0 Å². The van der Waals surface area contributed by atoms with Crippen molar-refractivity contribution in [3.05, 3.63) is 95.1 Å². The third-order valence-corrected chi connectivity index (χ3v) is 5.30. The number of nitrogens with zero attached hydrogens (tertiary/aromatic N) is 1. The summed E-state index contributed by atoms with van der Waals surface area (Å²) in [7, 11) is 3.16. The van der Waals surface area contributed by atoms with E-state index in [9.17, 15) is 9.90 Å². The van der Waals surface area contributed by atoms with E-state index in [0.717, 1.165) is 11.1 Å². The lowest BCUT2D eigenvalue weighted by Crippen LogP contribution is -2.39. The van der Waals surface area contributed by atoms with Crippen LogP contribution >= 0.6 is 0 Å². The standard InChI is InChI=1S/C25H24N2O4/c1-16-8-10-17(11-9-16)25(29)27-21(18-12-13-23(30-2)24(14-18)31-3)15-20(26-27)19-6-4-5-7-22(19)28/h4-15,21,26,28H,1-3H3/t21-/m1/s1. The van der Waals surface area contributed by atoms with Crippen LogP contribution in [0.25, 0.3) is 5.70 Å². The lowest BCUT2D eigenvalue weighted by molar-refractivity contribution is 0.0672. The van der Waals surface area contributed by atoms with Crippen LogP contribution < -0.4 is 14.9 Å². The van der Waals surface area contributed by atoms with Gasteiger partial charge in [0, 0.05) is 11.1 Å². The molecule has 3 aromatic carbocycles. The molecule has 0 aromatic heterocycles. The fraction of sp³-hybridized carbons (Fsp3) is 0.160. The van der Waals surface area contributed by atoms with Gasteiger partial charge < -0.3 is 14.6 Å². The Morgan fingerprint density at radius 2 is 1.68 bits per heavy atom. The number of aromatic hydroxyl groups is 1. The SMILES string of the molecule is COc1ccc([C@H]2C=C(c3ccccc3O)NN2C(=O)c2ccc(C)cc2)cc1OC. The van der Waals surface area contributed by atoms with Crippen LogP contribution in [0.15, 0.2) is 72.8 Å².